The summed E-state index contributed by atoms with van der Waals surface area (Å²) in [6.45, 7) is 4.27. The molecular weight excluding hydrogens is 292 g/mol. The monoisotopic (exact) mass is 308 g/mol. The summed E-state index contributed by atoms with van der Waals surface area (Å²) < 4.78 is 0. The van der Waals surface area contributed by atoms with Crippen LogP contribution >= 0.6 is 22.9 Å². The summed E-state index contributed by atoms with van der Waals surface area (Å²) in [5.41, 5.74) is 0.963. The molecule has 106 valence electrons. The highest BCUT2D eigenvalue weighted by Crippen LogP contribution is 2.33. The average molecular weight is 309 g/mol. The summed E-state index contributed by atoms with van der Waals surface area (Å²) in [5, 5.41) is 11.3. The summed E-state index contributed by atoms with van der Waals surface area (Å²) in [6.07, 6.45) is 1.16. The summed E-state index contributed by atoms with van der Waals surface area (Å²) in [4.78, 5) is 4.68. The third-order valence-electron chi connectivity index (χ3n) is 3.51. The van der Waals surface area contributed by atoms with Gasteiger partial charge in [0, 0.05) is 25.2 Å². The van der Waals surface area contributed by atoms with Crippen molar-refractivity contribution in [1.29, 1.82) is 0 Å². The normalized spacial score (nSPS) is 17.2. The molecule has 0 radical (unpaired) electrons. The van der Waals surface area contributed by atoms with E-state index < -0.39 is 0 Å². The minimum atomic E-state index is 0.728. The molecule has 2 aromatic rings. The van der Waals surface area contributed by atoms with Gasteiger partial charge in [-0.25, -0.2) is 0 Å². The Morgan fingerprint density at radius 2 is 1.95 bits per heavy atom. The van der Waals surface area contributed by atoms with E-state index >= 15 is 0 Å². The van der Waals surface area contributed by atoms with Gasteiger partial charge < -0.3 is 9.80 Å². The van der Waals surface area contributed by atoms with Gasteiger partial charge in [0.1, 0.15) is 0 Å². The van der Waals surface area contributed by atoms with E-state index in [9.17, 15) is 0 Å². The lowest BCUT2D eigenvalue weighted by Crippen LogP contribution is -2.28. The van der Waals surface area contributed by atoms with E-state index in [1.807, 2.05) is 24.3 Å². The predicted octanol–water partition coefficient (Wildman–Crippen LogP) is 3.00. The molecule has 0 bridgehead atoms. The summed E-state index contributed by atoms with van der Waals surface area (Å²) in [5.74, 6) is 0. The van der Waals surface area contributed by atoms with Gasteiger partial charge in [0.25, 0.3) is 0 Å². The molecule has 1 saturated heterocycles. The van der Waals surface area contributed by atoms with Gasteiger partial charge in [-0.15, -0.1) is 10.2 Å². The first kappa shape index (κ1) is 13.8. The number of hydrogen-bond donors (Lipinski definition) is 0. The molecule has 1 fully saturated rings. The second kappa shape index (κ2) is 6.08. The maximum absolute atomic E-state index is 6.22. The number of nitrogens with zero attached hydrogens (tertiary/aromatic N) is 4. The highest BCUT2D eigenvalue weighted by molar-refractivity contribution is 7.18. The van der Waals surface area contributed by atoms with Crippen LogP contribution in [0.15, 0.2) is 24.3 Å². The molecular formula is C14H17ClN4S. The summed E-state index contributed by atoms with van der Waals surface area (Å²) in [6, 6.07) is 7.78. The first-order chi connectivity index (χ1) is 9.74. The lowest BCUT2D eigenvalue weighted by atomic mass is 10.2. The molecule has 0 saturated carbocycles. The molecule has 3 rings (SSSR count). The highest BCUT2D eigenvalue weighted by atomic mass is 35.5. The fourth-order valence-corrected chi connectivity index (χ4v) is 3.54. The van der Waals surface area contributed by atoms with Crippen LogP contribution in [-0.2, 0) is 0 Å². The Labute approximate surface area is 128 Å². The van der Waals surface area contributed by atoms with Gasteiger partial charge in [0.05, 0.1) is 5.02 Å². The van der Waals surface area contributed by atoms with Crippen LogP contribution in [0.3, 0.4) is 0 Å². The van der Waals surface area contributed by atoms with Crippen molar-refractivity contribution in [3.63, 3.8) is 0 Å². The van der Waals surface area contributed by atoms with E-state index in [-0.39, 0.29) is 0 Å². The molecule has 0 aliphatic carbocycles. The van der Waals surface area contributed by atoms with Gasteiger partial charge in [-0.3, -0.25) is 0 Å². The van der Waals surface area contributed by atoms with Crippen molar-refractivity contribution in [2.75, 3.05) is 38.1 Å². The Bertz CT molecular complexity index is 586. The van der Waals surface area contributed by atoms with Crippen LogP contribution in [0.5, 0.6) is 0 Å². The molecule has 0 N–H and O–H groups in total. The molecule has 20 heavy (non-hydrogen) atoms. The molecule has 4 nitrogen and oxygen atoms in total. The maximum Gasteiger partial charge on any atom is 0.208 e. The quantitative estimate of drug-likeness (QED) is 0.854. The third-order valence-corrected chi connectivity index (χ3v) is 4.86. The number of rotatable bonds is 2. The second-order valence-corrected chi connectivity index (χ2v) is 6.38. The van der Waals surface area contributed by atoms with Crippen LogP contribution in [0.25, 0.3) is 10.6 Å². The molecule has 1 aliphatic heterocycles. The van der Waals surface area contributed by atoms with Crippen LogP contribution in [-0.4, -0.2) is 48.3 Å². The van der Waals surface area contributed by atoms with Crippen LogP contribution < -0.4 is 4.90 Å². The van der Waals surface area contributed by atoms with Crippen molar-refractivity contribution in [1.82, 2.24) is 15.1 Å². The van der Waals surface area contributed by atoms with Crippen LogP contribution in [0.4, 0.5) is 5.13 Å². The van der Waals surface area contributed by atoms with Gasteiger partial charge in [0.2, 0.25) is 5.13 Å². The Kier molecular flexibility index (Phi) is 4.19. The largest absolute Gasteiger partial charge is 0.345 e. The molecule has 0 amide bonds. The Balaban J connectivity index is 1.81. The zero-order valence-electron chi connectivity index (χ0n) is 11.4. The molecule has 0 atom stereocenters. The third kappa shape index (κ3) is 2.95. The topological polar surface area (TPSA) is 32.3 Å². The smallest absolute Gasteiger partial charge is 0.208 e. The zero-order valence-corrected chi connectivity index (χ0v) is 13.0. The van der Waals surface area contributed by atoms with E-state index in [1.165, 1.54) is 0 Å². The standard InChI is InChI=1S/C14H17ClN4S/c1-18-7-4-8-19(10-9-18)14-17-16-13(20-14)11-5-2-3-6-12(11)15/h2-3,5-6H,4,7-10H2,1H3. The van der Waals surface area contributed by atoms with E-state index in [4.69, 9.17) is 11.6 Å². The number of aromatic nitrogens is 2. The number of anilines is 1. The Morgan fingerprint density at radius 3 is 2.80 bits per heavy atom. The number of hydrogen-bond acceptors (Lipinski definition) is 5. The van der Waals surface area contributed by atoms with Gasteiger partial charge in [0.15, 0.2) is 5.01 Å². The first-order valence-corrected chi connectivity index (χ1v) is 7.95. The number of benzene rings is 1. The lowest BCUT2D eigenvalue weighted by molar-refractivity contribution is 0.360. The van der Waals surface area contributed by atoms with Crippen molar-refractivity contribution >= 4 is 28.1 Å². The van der Waals surface area contributed by atoms with Gasteiger partial charge in [-0.2, -0.15) is 0 Å². The highest BCUT2D eigenvalue weighted by Gasteiger charge is 2.17. The lowest BCUT2D eigenvalue weighted by Gasteiger charge is -2.18. The summed E-state index contributed by atoms with van der Waals surface area (Å²) in [7, 11) is 2.17. The summed E-state index contributed by atoms with van der Waals surface area (Å²) >= 11 is 7.84. The molecule has 1 aliphatic rings. The fourth-order valence-electron chi connectivity index (χ4n) is 2.32. The van der Waals surface area contributed by atoms with E-state index in [0.717, 1.165) is 53.3 Å². The Morgan fingerprint density at radius 1 is 1.10 bits per heavy atom. The zero-order chi connectivity index (χ0) is 13.9. The minimum Gasteiger partial charge on any atom is -0.345 e. The van der Waals surface area contributed by atoms with Gasteiger partial charge in [-0.05, 0) is 26.1 Å². The first-order valence-electron chi connectivity index (χ1n) is 6.76. The molecule has 1 aromatic heterocycles. The van der Waals surface area contributed by atoms with Crippen molar-refractivity contribution in [3.8, 4) is 10.6 Å². The Hall–Kier alpha value is -1.17. The molecule has 0 spiro atoms. The molecule has 6 heteroatoms. The predicted molar refractivity (Wildman–Crippen MR) is 84.7 cm³/mol. The fraction of sp³-hybridized carbons (Fsp3) is 0.429. The molecule has 1 aromatic carbocycles. The van der Waals surface area contributed by atoms with Crippen molar-refractivity contribution < 1.29 is 0 Å². The maximum atomic E-state index is 6.22. The van der Waals surface area contributed by atoms with E-state index in [0.29, 0.717) is 0 Å². The minimum absolute atomic E-state index is 0.728. The second-order valence-electron chi connectivity index (χ2n) is 5.01. The van der Waals surface area contributed by atoms with E-state index in [1.54, 1.807) is 11.3 Å². The van der Waals surface area contributed by atoms with Crippen LogP contribution in [0, 0.1) is 0 Å². The van der Waals surface area contributed by atoms with Gasteiger partial charge in [-0.1, -0.05) is 41.1 Å². The van der Waals surface area contributed by atoms with E-state index in [2.05, 4.69) is 27.0 Å². The SMILES string of the molecule is CN1CCCN(c2nnc(-c3ccccc3Cl)s2)CC1. The van der Waals surface area contributed by atoms with Crippen molar-refractivity contribution in [2.24, 2.45) is 0 Å². The van der Waals surface area contributed by atoms with Gasteiger partial charge >= 0.3 is 0 Å². The van der Waals surface area contributed by atoms with Crippen molar-refractivity contribution in [2.45, 2.75) is 6.42 Å². The van der Waals surface area contributed by atoms with Crippen molar-refractivity contribution in [3.05, 3.63) is 29.3 Å². The average Bonchev–Trinajstić information content (AvgIpc) is 2.83. The molecule has 0 unspecified atom stereocenters. The van der Waals surface area contributed by atoms with Crippen LogP contribution in [0.1, 0.15) is 6.42 Å². The van der Waals surface area contributed by atoms with Crippen LogP contribution in [0.2, 0.25) is 5.02 Å². The number of halogens is 1. The molecule has 2 heterocycles. The number of likely N-dealkylation sites (N-methyl/N-ethyl adjacent to an activating group) is 1.